The highest BCUT2D eigenvalue weighted by molar-refractivity contribution is 9.10. The first-order valence-corrected chi connectivity index (χ1v) is 7.19. The highest BCUT2D eigenvalue weighted by Crippen LogP contribution is 2.45. The van der Waals surface area contributed by atoms with Gasteiger partial charge in [0.1, 0.15) is 0 Å². The van der Waals surface area contributed by atoms with E-state index in [-0.39, 0.29) is 11.8 Å². The zero-order valence-corrected chi connectivity index (χ0v) is 13.2. The number of nitrogens with one attached hydrogen (secondary N) is 1. The Labute approximate surface area is 126 Å². The second-order valence-electron chi connectivity index (χ2n) is 5.09. The highest BCUT2D eigenvalue weighted by atomic mass is 79.9. The summed E-state index contributed by atoms with van der Waals surface area (Å²) in [5.41, 5.74) is 2.45. The Kier molecular flexibility index (Phi) is 4.25. The number of aromatic hydroxyl groups is 1. The molecule has 1 heterocycles. The van der Waals surface area contributed by atoms with Crippen LogP contribution in [0.25, 0.3) is 0 Å². The van der Waals surface area contributed by atoms with Crippen LogP contribution in [0.2, 0.25) is 0 Å². The number of carboxylic acid groups (broad SMARTS) is 1. The molecule has 5 nitrogen and oxygen atoms in total. The third-order valence-electron chi connectivity index (χ3n) is 3.91. The van der Waals surface area contributed by atoms with Gasteiger partial charge in [0.25, 0.3) is 0 Å². The lowest BCUT2D eigenvalue weighted by molar-refractivity contribution is -0.141. The normalized spacial score (nSPS) is 22.0. The molecular weight excluding hydrogens is 326 g/mol. The van der Waals surface area contributed by atoms with E-state index in [4.69, 9.17) is 9.84 Å². The minimum atomic E-state index is -0.810. The number of rotatable bonds is 3. The Bertz CT molecular complexity index is 559. The lowest BCUT2D eigenvalue weighted by atomic mass is 9.93. The molecule has 0 aliphatic carbocycles. The van der Waals surface area contributed by atoms with Gasteiger partial charge >= 0.3 is 5.97 Å². The molecule has 110 valence electrons. The minimum absolute atomic E-state index is 0.0919. The minimum Gasteiger partial charge on any atom is -0.504 e. The van der Waals surface area contributed by atoms with Crippen molar-refractivity contribution in [2.75, 3.05) is 13.7 Å². The molecule has 0 spiro atoms. The fourth-order valence-corrected chi connectivity index (χ4v) is 3.19. The van der Waals surface area contributed by atoms with Gasteiger partial charge in [-0.05, 0) is 25.8 Å². The number of phenols is 1. The van der Waals surface area contributed by atoms with Crippen molar-refractivity contribution in [3.8, 4) is 11.5 Å². The number of hydrogen-bond donors (Lipinski definition) is 3. The summed E-state index contributed by atoms with van der Waals surface area (Å²) < 4.78 is 6.14. The topological polar surface area (TPSA) is 78.8 Å². The summed E-state index contributed by atoms with van der Waals surface area (Å²) in [5.74, 6) is -0.715. The van der Waals surface area contributed by atoms with Gasteiger partial charge in [-0.1, -0.05) is 15.9 Å². The molecule has 0 aromatic heterocycles. The number of methoxy groups -OCH3 is 1. The largest absolute Gasteiger partial charge is 0.504 e. The van der Waals surface area contributed by atoms with E-state index >= 15 is 0 Å². The van der Waals surface area contributed by atoms with Gasteiger partial charge in [0.15, 0.2) is 11.5 Å². The van der Waals surface area contributed by atoms with Crippen LogP contribution in [0.15, 0.2) is 4.47 Å². The van der Waals surface area contributed by atoms with Gasteiger partial charge in [-0.3, -0.25) is 4.79 Å². The number of phenolic OH excluding ortho intramolecular Hbond substituents is 1. The quantitative estimate of drug-likeness (QED) is 0.785. The van der Waals surface area contributed by atoms with Crippen molar-refractivity contribution >= 4 is 21.9 Å². The molecule has 0 radical (unpaired) electrons. The van der Waals surface area contributed by atoms with Crippen molar-refractivity contribution in [1.82, 2.24) is 5.32 Å². The number of benzene rings is 1. The van der Waals surface area contributed by atoms with Crippen LogP contribution >= 0.6 is 15.9 Å². The highest BCUT2D eigenvalue weighted by Gasteiger charge is 2.34. The maximum atomic E-state index is 11.1. The summed E-state index contributed by atoms with van der Waals surface area (Å²) in [4.78, 5) is 11.1. The third kappa shape index (κ3) is 2.38. The number of ether oxygens (including phenoxy) is 1. The monoisotopic (exact) mass is 343 g/mol. The number of aliphatic carboxylic acids is 1. The molecule has 2 atom stereocenters. The maximum absolute atomic E-state index is 11.1. The Hall–Kier alpha value is -1.27. The fourth-order valence-electron chi connectivity index (χ4n) is 2.80. The van der Waals surface area contributed by atoms with Crippen molar-refractivity contribution in [3.05, 3.63) is 21.2 Å². The van der Waals surface area contributed by atoms with Crippen LogP contribution < -0.4 is 10.1 Å². The Balaban J connectivity index is 2.47. The second-order valence-corrected chi connectivity index (χ2v) is 5.88. The van der Waals surface area contributed by atoms with E-state index in [1.54, 1.807) is 0 Å². The number of halogens is 1. The molecule has 1 saturated heterocycles. The zero-order chi connectivity index (χ0) is 15.0. The van der Waals surface area contributed by atoms with E-state index in [0.29, 0.717) is 24.3 Å². The van der Waals surface area contributed by atoms with Gasteiger partial charge in [0, 0.05) is 28.2 Å². The molecule has 0 amide bonds. The predicted molar refractivity (Wildman–Crippen MR) is 78.3 cm³/mol. The predicted octanol–water partition coefficient (Wildman–Crippen LogP) is 2.52. The van der Waals surface area contributed by atoms with Crippen molar-refractivity contribution in [2.45, 2.75) is 26.3 Å². The van der Waals surface area contributed by atoms with Crippen LogP contribution in [-0.2, 0) is 4.79 Å². The molecule has 3 N–H and O–H groups in total. The summed E-state index contributed by atoms with van der Waals surface area (Å²) in [6.45, 7) is 4.18. The first kappa shape index (κ1) is 15.1. The van der Waals surface area contributed by atoms with Gasteiger partial charge in [-0.2, -0.15) is 0 Å². The first-order chi connectivity index (χ1) is 9.38. The molecule has 20 heavy (non-hydrogen) atoms. The number of carbonyl (C=O) groups is 1. The first-order valence-electron chi connectivity index (χ1n) is 6.40. The molecule has 1 aliphatic heterocycles. The lowest BCUT2D eigenvalue weighted by Crippen LogP contribution is -2.18. The van der Waals surface area contributed by atoms with Crippen molar-refractivity contribution in [1.29, 1.82) is 0 Å². The Morgan fingerprint density at radius 2 is 2.05 bits per heavy atom. The van der Waals surface area contributed by atoms with Crippen LogP contribution in [0.5, 0.6) is 11.5 Å². The van der Waals surface area contributed by atoms with E-state index < -0.39 is 11.9 Å². The molecule has 0 bridgehead atoms. The van der Waals surface area contributed by atoms with E-state index in [0.717, 1.165) is 15.6 Å². The van der Waals surface area contributed by atoms with Crippen LogP contribution in [0.3, 0.4) is 0 Å². The number of hydrogen-bond acceptors (Lipinski definition) is 4. The van der Waals surface area contributed by atoms with Gasteiger partial charge in [0.2, 0.25) is 0 Å². The average Bonchev–Trinajstić information content (AvgIpc) is 2.87. The Morgan fingerprint density at radius 3 is 2.55 bits per heavy atom. The molecule has 1 aromatic carbocycles. The van der Waals surface area contributed by atoms with Gasteiger partial charge < -0.3 is 20.3 Å². The van der Waals surface area contributed by atoms with Gasteiger partial charge in [-0.25, -0.2) is 0 Å². The average molecular weight is 344 g/mol. The standard InChI is InChI=1S/C14H18BrNO4/c1-6-10(9-4-8(5-16-9)14(18)19)12(17)13(20-3)7(2)11(6)15/h8-9,16-17H,4-5H2,1-3H3,(H,18,19). The van der Waals surface area contributed by atoms with Crippen LogP contribution in [-0.4, -0.2) is 29.8 Å². The van der Waals surface area contributed by atoms with Crippen LogP contribution in [0.4, 0.5) is 0 Å². The van der Waals surface area contributed by atoms with Crippen molar-refractivity contribution in [3.63, 3.8) is 0 Å². The molecule has 0 saturated carbocycles. The van der Waals surface area contributed by atoms with E-state index in [2.05, 4.69) is 21.2 Å². The molecule has 1 fully saturated rings. The molecule has 1 aliphatic rings. The van der Waals surface area contributed by atoms with Gasteiger partial charge in [-0.15, -0.1) is 0 Å². The smallest absolute Gasteiger partial charge is 0.307 e. The summed E-state index contributed by atoms with van der Waals surface area (Å²) in [6, 6.07) is -0.179. The van der Waals surface area contributed by atoms with Crippen molar-refractivity contribution < 1.29 is 19.7 Å². The zero-order valence-electron chi connectivity index (χ0n) is 11.7. The van der Waals surface area contributed by atoms with Crippen molar-refractivity contribution in [2.24, 2.45) is 5.92 Å². The summed E-state index contributed by atoms with van der Waals surface area (Å²) in [6.07, 6.45) is 0.461. The van der Waals surface area contributed by atoms with E-state index in [1.807, 2.05) is 13.8 Å². The van der Waals surface area contributed by atoms with Gasteiger partial charge in [0.05, 0.1) is 13.0 Å². The summed E-state index contributed by atoms with van der Waals surface area (Å²) in [5, 5.41) is 22.7. The lowest BCUT2D eigenvalue weighted by Gasteiger charge is -2.21. The third-order valence-corrected chi connectivity index (χ3v) is 5.10. The van der Waals surface area contributed by atoms with Crippen LogP contribution in [0, 0.1) is 19.8 Å². The Morgan fingerprint density at radius 1 is 1.40 bits per heavy atom. The maximum Gasteiger partial charge on any atom is 0.307 e. The number of carboxylic acids is 1. The SMILES string of the molecule is COc1c(C)c(Br)c(C)c(C2CC(C(=O)O)CN2)c1O. The fraction of sp³-hybridized carbons (Fsp3) is 0.500. The summed E-state index contributed by atoms with van der Waals surface area (Å²) in [7, 11) is 1.51. The molecule has 6 heteroatoms. The summed E-state index contributed by atoms with van der Waals surface area (Å²) >= 11 is 3.51. The van der Waals surface area contributed by atoms with Crippen LogP contribution in [0.1, 0.15) is 29.2 Å². The molecular formula is C14H18BrNO4. The molecule has 2 rings (SSSR count). The molecule has 1 aromatic rings. The molecule has 2 unspecified atom stereocenters. The second kappa shape index (κ2) is 5.61. The van der Waals surface area contributed by atoms with E-state index in [1.165, 1.54) is 7.11 Å². The van der Waals surface area contributed by atoms with E-state index in [9.17, 15) is 9.90 Å².